The lowest BCUT2D eigenvalue weighted by atomic mass is 10.3. The van der Waals surface area contributed by atoms with E-state index in [-0.39, 0.29) is 5.82 Å². The van der Waals surface area contributed by atoms with E-state index in [0.29, 0.717) is 33.2 Å². The molecule has 0 amide bonds. The lowest BCUT2D eigenvalue weighted by Crippen LogP contribution is -2.06. The molecule has 0 radical (unpaired) electrons. The summed E-state index contributed by atoms with van der Waals surface area (Å²) in [7, 11) is 0. The highest BCUT2D eigenvalue weighted by molar-refractivity contribution is 6.44. The highest BCUT2D eigenvalue weighted by Crippen LogP contribution is 2.34. The molecule has 0 spiro atoms. The average Bonchev–Trinajstić information content (AvgIpc) is 2.40. The zero-order valence-electron chi connectivity index (χ0n) is 10.3. The van der Waals surface area contributed by atoms with E-state index in [0.717, 1.165) is 6.20 Å². The molecule has 8 heteroatoms. The van der Waals surface area contributed by atoms with Crippen LogP contribution in [0.1, 0.15) is 6.92 Å². The Bertz CT molecular complexity index is 636. The Morgan fingerprint density at radius 3 is 2.55 bits per heavy atom. The molecule has 0 aliphatic heterocycles. The number of hydrogen-bond acceptors (Lipinski definition) is 4. The summed E-state index contributed by atoms with van der Waals surface area (Å²) in [5.41, 5.74) is 0.404. The summed E-state index contributed by atoms with van der Waals surface area (Å²) in [5, 5.41) is 6.58. The number of rotatable bonds is 4. The first-order valence-corrected chi connectivity index (χ1v) is 6.82. The Morgan fingerprint density at radius 2 is 1.85 bits per heavy atom. The van der Waals surface area contributed by atoms with Crippen LogP contribution in [-0.4, -0.2) is 16.5 Å². The van der Waals surface area contributed by atoms with E-state index in [1.807, 2.05) is 6.92 Å². The summed E-state index contributed by atoms with van der Waals surface area (Å²) in [4.78, 5) is 7.81. The maximum Gasteiger partial charge on any atom is 0.224 e. The maximum atomic E-state index is 13.7. The molecule has 2 rings (SSSR count). The van der Waals surface area contributed by atoms with Gasteiger partial charge in [0.15, 0.2) is 11.6 Å². The number of aromatic nitrogens is 2. The van der Waals surface area contributed by atoms with Crippen molar-refractivity contribution in [2.45, 2.75) is 6.92 Å². The molecule has 0 saturated heterocycles. The first kappa shape index (κ1) is 15.1. The van der Waals surface area contributed by atoms with E-state index in [1.54, 1.807) is 0 Å². The lowest BCUT2D eigenvalue weighted by molar-refractivity contribution is 0.619. The number of nitrogens with one attached hydrogen (secondary N) is 2. The summed E-state index contributed by atoms with van der Waals surface area (Å²) < 4.78 is 13.7. The molecule has 0 bridgehead atoms. The van der Waals surface area contributed by atoms with Gasteiger partial charge in [0.2, 0.25) is 5.95 Å². The summed E-state index contributed by atoms with van der Waals surface area (Å²) in [6, 6.07) is 2.97. The Morgan fingerprint density at radius 1 is 1.15 bits per heavy atom. The van der Waals surface area contributed by atoms with Gasteiger partial charge in [-0.3, -0.25) is 0 Å². The lowest BCUT2D eigenvalue weighted by Gasteiger charge is -2.11. The second-order valence-electron chi connectivity index (χ2n) is 3.79. The van der Waals surface area contributed by atoms with Crippen LogP contribution in [0.15, 0.2) is 18.3 Å². The molecule has 1 aromatic carbocycles. The normalized spacial score (nSPS) is 10.4. The Balaban J connectivity index is 2.34. The van der Waals surface area contributed by atoms with E-state index >= 15 is 0 Å². The molecular weight excluding hydrogens is 326 g/mol. The molecule has 2 aromatic rings. The molecule has 0 saturated carbocycles. The Kier molecular flexibility index (Phi) is 4.86. The molecule has 0 atom stereocenters. The molecule has 1 aromatic heterocycles. The van der Waals surface area contributed by atoms with Crippen molar-refractivity contribution in [2.75, 3.05) is 17.2 Å². The van der Waals surface area contributed by atoms with Crippen LogP contribution in [0, 0.1) is 5.82 Å². The van der Waals surface area contributed by atoms with Crippen molar-refractivity contribution >= 4 is 52.3 Å². The highest BCUT2D eigenvalue weighted by Gasteiger charge is 2.11. The van der Waals surface area contributed by atoms with Crippen LogP contribution in [0.5, 0.6) is 0 Å². The van der Waals surface area contributed by atoms with Gasteiger partial charge in [0.1, 0.15) is 0 Å². The Labute approximate surface area is 130 Å². The molecule has 1 heterocycles. The van der Waals surface area contributed by atoms with Crippen LogP contribution >= 0.6 is 34.8 Å². The molecule has 0 aliphatic rings. The monoisotopic (exact) mass is 334 g/mol. The number of anilines is 3. The van der Waals surface area contributed by atoms with Crippen LogP contribution in [0.25, 0.3) is 0 Å². The number of halogens is 4. The Hall–Kier alpha value is -1.30. The van der Waals surface area contributed by atoms with Crippen LogP contribution in [-0.2, 0) is 0 Å². The van der Waals surface area contributed by atoms with E-state index < -0.39 is 5.82 Å². The van der Waals surface area contributed by atoms with Gasteiger partial charge >= 0.3 is 0 Å². The fraction of sp³-hybridized carbons (Fsp3) is 0.167. The van der Waals surface area contributed by atoms with E-state index in [4.69, 9.17) is 34.8 Å². The second-order valence-corrected chi connectivity index (χ2v) is 5.01. The molecule has 20 heavy (non-hydrogen) atoms. The zero-order valence-corrected chi connectivity index (χ0v) is 12.6. The van der Waals surface area contributed by atoms with Crippen molar-refractivity contribution in [3.8, 4) is 0 Å². The minimum atomic E-state index is -0.603. The minimum Gasteiger partial charge on any atom is -0.354 e. The van der Waals surface area contributed by atoms with Gasteiger partial charge in [0, 0.05) is 6.54 Å². The van der Waals surface area contributed by atoms with Crippen LogP contribution in [0.4, 0.5) is 21.8 Å². The number of hydrogen-bond donors (Lipinski definition) is 2. The van der Waals surface area contributed by atoms with Gasteiger partial charge in [-0.2, -0.15) is 4.98 Å². The zero-order chi connectivity index (χ0) is 14.7. The predicted molar refractivity (Wildman–Crippen MR) is 80.9 cm³/mol. The molecule has 0 aliphatic carbocycles. The highest BCUT2D eigenvalue weighted by atomic mass is 35.5. The van der Waals surface area contributed by atoms with Gasteiger partial charge in [-0.1, -0.05) is 34.8 Å². The molecule has 106 valence electrons. The van der Waals surface area contributed by atoms with Crippen LogP contribution in [0.2, 0.25) is 15.1 Å². The summed E-state index contributed by atoms with van der Waals surface area (Å²) >= 11 is 17.8. The largest absolute Gasteiger partial charge is 0.354 e. The quantitative estimate of drug-likeness (QED) is 0.792. The summed E-state index contributed by atoms with van der Waals surface area (Å²) in [5.74, 6) is -0.294. The second kappa shape index (κ2) is 6.43. The topological polar surface area (TPSA) is 49.8 Å². The standard InChI is InChI=1S/C12H10Cl3FN4/c1-2-17-12-18-5-9(16)11(20-12)19-10-4-7(14)6(13)3-8(10)15/h3-5H,2H2,1H3,(H2,17,18,19,20). The van der Waals surface area contributed by atoms with Crippen molar-refractivity contribution in [2.24, 2.45) is 0 Å². The number of nitrogens with zero attached hydrogens (tertiary/aromatic N) is 2. The van der Waals surface area contributed by atoms with Crippen LogP contribution in [0.3, 0.4) is 0 Å². The van der Waals surface area contributed by atoms with E-state index in [2.05, 4.69) is 20.6 Å². The molecule has 0 unspecified atom stereocenters. The SMILES string of the molecule is CCNc1ncc(F)c(Nc2cc(Cl)c(Cl)cc2Cl)n1. The molecular formula is C12H10Cl3FN4. The van der Waals surface area contributed by atoms with Crippen molar-refractivity contribution < 1.29 is 4.39 Å². The third kappa shape index (κ3) is 3.42. The molecule has 4 nitrogen and oxygen atoms in total. The average molecular weight is 336 g/mol. The fourth-order valence-electron chi connectivity index (χ4n) is 1.44. The van der Waals surface area contributed by atoms with Gasteiger partial charge in [-0.25, -0.2) is 9.37 Å². The van der Waals surface area contributed by atoms with E-state index in [9.17, 15) is 4.39 Å². The molecule has 2 N–H and O–H groups in total. The van der Waals surface area contributed by atoms with Crippen molar-refractivity contribution in [3.05, 3.63) is 39.2 Å². The number of benzene rings is 1. The first-order valence-electron chi connectivity index (χ1n) is 5.69. The smallest absolute Gasteiger partial charge is 0.224 e. The van der Waals surface area contributed by atoms with Gasteiger partial charge in [-0.05, 0) is 19.1 Å². The van der Waals surface area contributed by atoms with Crippen molar-refractivity contribution in [3.63, 3.8) is 0 Å². The van der Waals surface area contributed by atoms with Gasteiger partial charge in [-0.15, -0.1) is 0 Å². The molecule has 0 fully saturated rings. The van der Waals surface area contributed by atoms with Gasteiger partial charge in [0.05, 0.1) is 27.0 Å². The summed E-state index contributed by atoms with van der Waals surface area (Å²) in [6.07, 6.45) is 1.07. The summed E-state index contributed by atoms with van der Waals surface area (Å²) in [6.45, 7) is 2.51. The predicted octanol–water partition coefficient (Wildman–Crippen LogP) is 4.75. The third-order valence-corrected chi connectivity index (χ3v) is 3.38. The third-order valence-electron chi connectivity index (χ3n) is 2.34. The van der Waals surface area contributed by atoms with Crippen molar-refractivity contribution in [1.82, 2.24) is 9.97 Å². The van der Waals surface area contributed by atoms with Crippen LogP contribution < -0.4 is 10.6 Å². The van der Waals surface area contributed by atoms with E-state index in [1.165, 1.54) is 12.1 Å². The van der Waals surface area contributed by atoms with Crippen molar-refractivity contribution in [1.29, 1.82) is 0 Å². The first-order chi connectivity index (χ1) is 9.51. The fourth-order valence-corrected chi connectivity index (χ4v) is 2.04. The minimum absolute atomic E-state index is 0.00348. The maximum absolute atomic E-state index is 13.7. The van der Waals surface area contributed by atoms with Gasteiger partial charge < -0.3 is 10.6 Å². The van der Waals surface area contributed by atoms with Gasteiger partial charge in [0.25, 0.3) is 0 Å².